The second-order valence-corrected chi connectivity index (χ2v) is 6.24. The van der Waals surface area contributed by atoms with Crippen LogP contribution in [-0.4, -0.2) is 49.0 Å². The second-order valence-electron chi connectivity index (χ2n) is 6.24. The number of carbonyl (C=O) groups is 2. The Kier molecular flexibility index (Phi) is 3.52. The molecule has 1 unspecified atom stereocenters. The van der Waals surface area contributed by atoms with E-state index in [1.54, 1.807) is 15.8 Å². The summed E-state index contributed by atoms with van der Waals surface area (Å²) >= 11 is 0. The van der Waals surface area contributed by atoms with E-state index < -0.39 is 5.91 Å². The number of nitrogens with two attached hydrogens (primary N) is 1. The lowest BCUT2D eigenvalue weighted by atomic mass is 10.2. The molecule has 4 heterocycles. The number of fused-ring (bicyclic) bond motifs is 1. The lowest BCUT2D eigenvalue weighted by molar-refractivity contribution is 0.0779. The summed E-state index contributed by atoms with van der Waals surface area (Å²) in [7, 11) is 0. The molecule has 3 aromatic heterocycles. The van der Waals surface area contributed by atoms with Crippen molar-refractivity contribution in [3.63, 3.8) is 0 Å². The standard InChI is InChI=1S/C17H18N6O2/c1-11-15(22-6-3-2-4-14(22)20-11)17(25)21-7-5-13(10-21)23-9-12(8-19-23)16(18)24/h2-4,6,8-9,13H,5,7,10H2,1H3,(H2,18,24). The Bertz CT molecular complexity index is 973. The maximum Gasteiger partial charge on any atom is 0.272 e. The molecule has 1 aliphatic rings. The molecule has 0 bridgehead atoms. The predicted octanol–water partition coefficient (Wildman–Crippen LogP) is 1.03. The van der Waals surface area contributed by atoms with Crippen LogP contribution >= 0.6 is 0 Å². The van der Waals surface area contributed by atoms with E-state index >= 15 is 0 Å². The van der Waals surface area contributed by atoms with Gasteiger partial charge in [0.05, 0.1) is 23.5 Å². The van der Waals surface area contributed by atoms with Gasteiger partial charge in [-0.2, -0.15) is 5.10 Å². The quantitative estimate of drug-likeness (QED) is 0.771. The van der Waals surface area contributed by atoms with Crippen LogP contribution in [0.5, 0.6) is 0 Å². The molecule has 25 heavy (non-hydrogen) atoms. The van der Waals surface area contributed by atoms with Crippen LogP contribution < -0.4 is 5.73 Å². The van der Waals surface area contributed by atoms with Gasteiger partial charge in [-0.15, -0.1) is 0 Å². The van der Waals surface area contributed by atoms with Crippen molar-refractivity contribution in [1.82, 2.24) is 24.1 Å². The lowest BCUT2D eigenvalue weighted by Crippen LogP contribution is -2.30. The zero-order valence-corrected chi connectivity index (χ0v) is 13.8. The van der Waals surface area contributed by atoms with Crippen molar-refractivity contribution in [2.24, 2.45) is 5.73 Å². The molecule has 1 fully saturated rings. The first-order valence-corrected chi connectivity index (χ1v) is 8.11. The molecule has 2 N–H and O–H groups in total. The Morgan fingerprint density at radius 3 is 2.92 bits per heavy atom. The van der Waals surface area contributed by atoms with Crippen molar-refractivity contribution >= 4 is 17.5 Å². The molecule has 1 aliphatic heterocycles. The number of carbonyl (C=O) groups excluding carboxylic acids is 2. The zero-order valence-electron chi connectivity index (χ0n) is 13.8. The number of aromatic nitrogens is 4. The number of pyridine rings is 1. The minimum atomic E-state index is -0.501. The smallest absolute Gasteiger partial charge is 0.272 e. The molecule has 0 aromatic carbocycles. The van der Waals surface area contributed by atoms with Gasteiger partial charge in [0.15, 0.2) is 0 Å². The Morgan fingerprint density at radius 1 is 1.32 bits per heavy atom. The highest BCUT2D eigenvalue weighted by Crippen LogP contribution is 2.24. The highest BCUT2D eigenvalue weighted by atomic mass is 16.2. The first kappa shape index (κ1) is 15.4. The van der Waals surface area contributed by atoms with Crippen molar-refractivity contribution < 1.29 is 9.59 Å². The van der Waals surface area contributed by atoms with Crippen LogP contribution in [0.15, 0.2) is 36.8 Å². The number of hydrogen-bond donors (Lipinski definition) is 1. The summed E-state index contributed by atoms with van der Waals surface area (Å²) in [5, 5.41) is 4.20. The van der Waals surface area contributed by atoms with E-state index in [4.69, 9.17) is 5.73 Å². The highest BCUT2D eigenvalue weighted by Gasteiger charge is 2.31. The van der Waals surface area contributed by atoms with Crippen LogP contribution in [0.1, 0.15) is 39.0 Å². The van der Waals surface area contributed by atoms with E-state index in [1.807, 2.05) is 35.7 Å². The van der Waals surface area contributed by atoms with Gasteiger partial charge < -0.3 is 10.6 Å². The molecule has 8 nitrogen and oxygen atoms in total. The first-order valence-electron chi connectivity index (χ1n) is 8.11. The van der Waals surface area contributed by atoms with Gasteiger partial charge in [0.1, 0.15) is 11.3 Å². The number of nitrogens with zero attached hydrogens (tertiary/aromatic N) is 5. The van der Waals surface area contributed by atoms with Gasteiger partial charge in [-0.1, -0.05) is 6.07 Å². The average Bonchev–Trinajstić information content (AvgIpc) is 3.31. The summed E-state index contributed by atoms with van der Waals surface area (Å²) in [6.45, 7) is 3.02. The Morgan fingerprint density at radius 2 is 2.16 bits per heavy atom. The molecule has 1 atom stereocenters. The van der Waals surface area contributed by atoms with E-state index in [9.17, 15) is 9.59 Å². The zero-order chi connectivity index (χ0) is 17.6. The van der Waals surface area contributed by atoms with Gasteiger partial charge in [0.25, 0.3) is 11.8 Å². The Hall–Kier alpha value is -3.16. The third kappa shape index (κ3) is 2.55. The molecule has 3 aromatic rings. The molecule has 0 spiro atoms. The molecule has 128 valence electrons. The number of hydrogen-bond acceptors (Lipinski definition) is 4. The maximum atomic E-state index is 13.0. The number of rotatable bonds is 3. The van der Waals surface area contributed by atoms with Crippen molar-refractivity contribution in [3.05, 3.63) is 53.7 Å². The SMILES string of the molecule is Cc1nc2ccccn2c1C(=O)N1CCC(n2cc(C(N)=O)cn2)C1. The summed E-state index contributed by atoms with van der Waals surface area (Å²) in [4.78, 5) is 30.5. The highest BCUT2D eigenvalue weighted by molar-refractivity contribution is 5.95. The van der Waals surface area contributed by atoms with Crippen LogP contribution in [0.3, 0.4) is 0 Å². The predicted molar refractivity (Wildman–Crippen MR) is 90.2 cm³/mol. The van der Waals surface area contributed by atoms with Crippen LogP contribution in [0.4, 0.5) is 0 Å². The Labute approximate surface area is 143 Å². The van der Waals surface area contributed by atoms with Crippen molar-refractivity contribution in [2.75, 3.05) is 13.1 Å². The minimum Gasteiger partial charge on any atom is -0.366 e. The second kappa shape index (κ2) is 5.73. The Balaban J connectivity index is 1.57. The van der Waals surface area contributed by atoms with Crippen LogP contribution in [0, 0.1) is 6.92 Å². The number of primary amides is 1. The van der Waals surface area contributed by atoms with Crippen molar-refractivity contribution in [2.45, 2.75) is 19.4 Å². The fraction of sp³-hybridized carbons (Fsp3) is 0.294. The number of amides is 2. The average molecular weight is 338 g/mol. The minimum absolute atomic E-state index is 0.0385. The molecule has 2 amide bonds. The van der Waals surface area contributed by atoms with Crippen LogP contribution in [-0.2, 0) is 0 Å². The lowest BCUT2D eigenvalue weighted by Gasteiger charge is -2.17. The van der Waals surface area contributed by atoms with E-state index in [1.165, 1.54) is 6.20 Å². The van der Waals surface area contributed by atoms with E-state index in [-0.39, 0.29) is 11.9 Å². The third-order valence-corrected chi connectivity index (χ3v) is 4.62. The van der Waals surface area contributed by atoms with E-state index in [0.717, 1.165) is 17.8 Å². The summed E-state index contributed by atoms with van der Waals surface area (Å²) in [6.07, 6.45) is 5.73. The largest absolute Gasteiger partial charge is 0.366 e. The van der Waals surface area contributed by atoms with Gasteiger partial charge in [-0.05, 0) is 25.5 Å². The maximum absolute atomic E-state index is 13.0. The van der Waals surface area contributed by atoms with E-state index in [2.05, 4.69) is 10.1 Å². The normalized spacial score (nSPS) is 17.3. The number of imidazole rings is 1. The molecular formula is C17H18N6O2. The van der Waals surface area contributed by atoms with Gasteiger partial charge >= 0.3 is 0 Å². The molecule has 1 saturated heterocycles. The monoisotopic (exact) mass is 338 g/mol. The summed E-state index contributed by atoms with van der Waals surface area (Å²) in [5.41, 5.74) is 7.72. The fourth-order valence-electron chi connectivity index (χ4n) is 3.33. The topological polar surface area (TPSA) is 98.5 Å². The van der Waals surface area contributed by atoms with E-state index in [0.29, 0.717) is 24.3 Å². The molecule has 8 heteroatoms. The molecule has 0 saturated carbocycles. The number of aryl methyl sites for hydroxylation is 1. The van der Waals surface area contributed by atoms with Crippen molar-refractivity contribution in [3.8, 4) is 0 Å². The van der Waals surface area contributed by atoms with Gasteiger partial charge in [0, 0.05) is 25.5 Å². The van der Waals surface area contributed by atoms with Crippen LogP contribution in [0.25, 0.3) is 5.65 Å². The van der Waals surface area contributed by atoms with Crippen LogP contribution in [0.2, 0.25) is 0 Å². The third-order valence-electron chi connectivity index (χ3n) is 4.62. The summed E-state index contributed by atoms with van der Waals surface area (Å²) < 4.78 is 3.54. The summed E-state index contributed by atoms with van der Waals surface area (Å²) in [6, 6.07) is 5.70. The van der Waals surface area contributed by atoms with Crippen molar-refractivity contribution in [1.29, 1.82) is 0 Å². The first-order chi connectivity index (χ1) is 12.0. The van der Waals surface area contributed by atoms with Gasteiger partial charge in [0.2, 0.25) is 0 Å². The van der Waals surface area contributed by atoms with Gasteiger partial charge in [-0.25, -0.2) is 4.98 Å². The number of likely N-dealkylation sites (tertiary alicyclic amines) is 1. The molecule has 0 radical (unpaired) electrons. The summed E-state index contributed by atoms with van der Waals surface area (Å²) in [5.74, 6) is -0.542. The molecule has 4 rings (SSSR count). The molecule has 0 aliphatic carbocycles. The molecular weight excluding hydrogens is 320 g/mol. The van der Waals surface area contributed by atoms with Gasteiger partial charge in [-0.3, -0.25) is 18.7 Å². The fourth-order valence-corrected chi connectivity index (χ4v) is 3.33.